The summed E-state index contributed by atoms with van der Waals surface area (Å²) in [7, 11) is 0. The molecule has 0 aromatic heterocycles. The fourth-order valence-corrected chi connectivity index (χ4v) is 3.73. The Hall–Kier alpha value is -1.55. The molecule has 23 heavy (non-hydrogen) atoms. The van der Waals surface area contributed by atoms with E-state index in [9.17, 15) is 4.79 Å². The number of morpholine rings is 1. The van der Waals surface area contributed by atoms with Gasteiger partial charge < -0.3 is 15.0 Å². The zero-order chi connectivity index (χ0) is 15.8. The summed E-state index contributed by atoms with van der Waals surface area (Å²) in [6.07, 6.45) is 5.19. The maximum atomic E-state index is 12.8. The second kappa shape index (κ2) is 6.16. The summed E-state index contributed by atoms with van der Waals surface area (Å²) < 4.78 is 6.06. The van der Waals surface area contributed by atoms with Crippen LogP contribution in [0.4, 0.5) is 4.79 Å². The highest BCUT2D eigenvalue weighted by Gasteiger charge is 2.43. The van der Waals surface area contributed by atoms with Crippen LogP contribution >= 0.6 is 0 Å². The van der Waals surface area contributed by atoms with Crippen molar-refractivity contribution < 1.29 is 9.53 Å². The maximum Gasteiger partial charge on any atom is 0.317 e. The minimum atomic E-state index is -0.0222. The third kappa shape index (κ3) is 3.52. The Morgan fingerprint density at radius 3 is 2.39 bits per heavy atom. The predicted molar refractivity (Wildman–Crippen MR) is 89.1 cm³/mol. The first-order valence-corrected chi connectivity index (χ1v) is 8.96. The van der Waals surface area contributed by atoms with Gasteiger partial charge in [-0.3, -0.25) is 0 Å². The monoisotopic (exact) mass is 314 g/mol. The van der Waals surface area contributed by atoms with Crippen LogP contribution in [0.2, 0.25) is 0 Å². The Labute approximate surface area is 138 Å². The normalized spacial score (nSPS) is 28.0. The molecule has 1 saturated heterocycles. The molecule has 1 aromatic carbocycles. The lowest BCUT2D eigenvalue weighted by Crippen LogP contribution is -2.52. The molecule has 2 saturated carbocycles. The maximum absolute atomic E-state index is 12.8. The van der Waals surface area contributed by atoms with Crippen molar-refractivity contribution in [2.45, 2.75) is 50.9 Å². The quantitative estimate of drug-likeness (QED) is 0.926. The number of ether oxygens (including phenoxy) is 1. The van der Waals surface area contributed by atoms with Gasteiger partial charge in [0.25, 0.3) is 0 Å². The van der Waals surface area contributed by atoms with Gasteiger partial charge in [-0.15, -0.1) is 0 Å². The summed E-state index contributed by atoms with van der Waals surface area (Å²) in [5.74, 6) is 1.46. The van der Waals surface area contributed by atoms with Crippen LogP contribution in [0, 0.1) is 11.8 Å². The molecule has 0 bridgehead atoms. The number of rotatable bonds is 4. The molecule has 1 aliphatic heterocycles. The largest absolute Gasteiger partial charge is 0.367 e. The lowest BCUT2D eigenvalue weighted by atomic mass is 10.1. The average Bonchev–Trinajstić information content (AvgIpc) is 3.46. The zero-order valence-electron chi connectivity index (χ0n) is 13.8. The van der Waals surface area contributed by atoms with Gasteiger partial charge >= 0.3 is 6.03 Å². The smallest absolute Gasteiger partial charge is 0.317 e. The van der Waals surface area contributed by atoms with E-state index in [0.717, 1.165) is 17.4 Å². The SMILES string of the molecule is C[C@H]1CN(C(=O)NC(C2CC2)C2CC2)C[C@@H](c2ccccc2)O1. The Morgan fingerprint density at radius 1 is 1.13 bits per heavy atom. The van der Waals surface area contributed by atoms with Gasteiger partial charge in [0.05, 0.1) is 12.6 Å². The van der Waals surface area contributed by atoms with Crippen molar-refractivity contribution in [3.05, 3.63) is 35.9 Å². The summed E-state index contributed by atoms with van der Waals surface area (Å²) in [5.41, 5.74) is 1.15. The van der Waals surface area contributed by atoms with Gasteiger partial charge in [-0.05, 0) is 50.0 Å². The minimum Gasteiger partial charge on any atom is -0.367 e. The van der Waals surface area contributed by atoms with Gasteiger partial charge in [0, 0.05) is 12.6 Å². The number of hydrogen-bond acceptors (Lipinski definition) is 2. The molecule has 0 spiro atoms. The third-order valence-corrected chi connectivity index (χ3v) is 5.27. The number of nitrogens with zero attached hydrogens (tertiary/aromatic N) is 1. The van der Waals surface area contributed by atoms with E-state index in [-0.39, 0.29) is 18.2 Å². The Balaban J connectivity index is 1.41. The van der Waals surface area contributed by atoms with E-state index >= 15 is 0 Å². The first-order valence-electron chi connectivity index (χ1n) is 8.96. The molecule has 4 nitrogen and oxygen atoms in total. The second-order valence-corrected chi connectivity index (χ2v) is 7.40. The van der Waals surface area contributed by atoms with Crippen LogP contribution in [-0.4, -0.2) is 36.2 Å². The standard InChI is InChI=1S/C19H26N2O2/c1-13-11-21(12-17(23-13)14-5-3-2-4-6-14)19(22)20-18(15-7-8-15)16-9-10-16/h2-6,13,15-18H,7-12H2,1H3,(H,20,22)/t13-,17-/m0/s1. The van der Waals surface area contributed by atoms with Gasteiger partial charge in [0.15, 0.2) is 0 Å². The Kier molecular flexibility index (Phi) is 4.02. The molecule has 3 fully saturated rings. The van der Waals surface area contributed by atoms with Crippen molar-refractivity contribution in [3.8, 4) is 0 Å². The molecule has 1 aromatic rings. The molecule has 2 atom stereocenters. The van der Waals surface area contributed by atoms with Gasteiger partial charge in [0.2, 0.25) is 0 Å². The van der Waals surface area contributed by atoms with E-state index in [0.29, 0.717) is 19.1 Å². The molecule has 1 heterocycles. The predicted octanol–water partition coefficient (Wildman–Crippen LogP) is 3.35. The van der Waals surface area contributed by atoms with Crippen LogP contribution in [0.25, 0.3) is 0 Å². The molecule has 4 rings (SSSR count). The number of nitrogens with one attached hydrogen (secondary N) is 1. The van der Waals surface area contributed by atoms with Crippen LogP contribution in [-0.2, 0) is 4.74 Å². The van der Waals surface area contributed by atoms with Crippen LogP contribution in [0.5, 0.6) is 0 Å². The number of benzene rings is 1. The van der Waals surface area contributed by atoms with Crippen LogP contribution in [0.1, 0.15) is 44.3 Å². The van der Waals surface area contributed by atoms with E-state index in [1.165, 1.54) is 25.7 Å². The van der Waals surface area contributed by atoms with Crippen molar-refractivity contribution in [3.63, 3.8) is 0 Å². The molecule has 2 amide bonds. The summed E-state index contributed by atoms with van der Waals surface area (Å²) in [5, 5.41) is 3.33. The van der Waals surface area contributed by atoms with E-state index in [2.05, 4.69) is 24.4 Å². The third-order valence-electron chi connectivity index (χ3n) is 5.27. The highest BCUT2D eigenvalue weighted by atomic mass is 16.5. The van der Waals surface area contributed by atoms with Crippen LogP contribution in [0.15, 0.2) is 30.3 Å². The van der Waals surface area contributed by atoms with Crippen LogP contribution in [0.3, 0.4) is 0 Å². The summed E-state index contributed by atoms with van der Waals surface area (Å²) >= 11 is 0. The number of carbonyl (C=O) groups excluding carboxylic acids is 1. The van der Waals surface area contributed by atoms with E-state index in [1.807, 2.05) is 23.1 Å². The van der Waals surface area contributed by atoms with E-state index in [4.69, 9.17) is 4.74 Å². The van der Waals surface area contributed by atoms with Gasteiger partial charge in [-0.2, -0.15) is 0 Å². The molecule has 0 radical (unpaired) electrons. The van der Waals surface area contributed by atoms with Crippen molar-refractivity contribution >= 4 is 6.03 Å². The highest BCUT2D eigenvalue weighted by molar-refractivity contribution is 5.75. The molecule has 4 heteroatoms. The fraction of sp³-hybridized carbons (Fsp3) is 0.632. The molecule has 2 aliphatic carbocycles. The van der Waals surface area contributed by atoms with Crippen molar-refractivity contribution in [1.82, 2.24) is 10.2 Å². The second-order valence-electron chi connectivity index (χ2n) is 7.40. The lowest BCUT2D eigenvalue weighted by molar-refractivity contribution is -0.0660. The topological polar surface area (TPSA) is 41.6 Å². The first-order chi connectivity index (χ1) is 11.2. The number of carbonyl (C=O) groups is 1. The molecule has 0 unspecified atom stereocenters. The van der Waals surface area contributed by atoms with Gasteiger partial charge in [0.1, 0.15) is 6.10 Å². The van der Waals surface area contributed by atoms with Crippen LogP contribution < -0.4 is 5.32 Å². The number of amides is 2. The van der Waals surface area contributed by atoms with Crippen molar-refractivity contribution in [1.29, 1.82) is 0 Å². The summed E-state index contributed by atoms with van der Waals surface area (Å²) in [4.78, 5) is 14.7. The van der Waals surface area contributed by atoms with Crippen molar-refractivity contribution in [2.24, 2.45) is 11.8 Å². The fourth-order valence-electron chi connectivity index (χ4n) is 3.73. The molecular formula is C19H26N2O2. The highest BCUT2D eigenvalue weighted by Crippen LogP contribution is 2.44. The summed E-state index contributed by atoms with van der Waals surface area (Å²) in [6, 6.07) is 10.7. The number of urea groups is 1. The van der Waals surface area contributed by atoms with E-state index in [1.54, 1.807) is 0 Å². The first kappa shape index (κ1) is 15.0. The average molecular weight is 314 g/mol. The molecule has 124 valence electrons. The zero-order valence-corrected chi connectivity index (χ0v) is 13.8. The number of hydrogen-bond donors (Lipinski definition) is 1. The minimum absolute atomic E-state index is 0.0222. The van der Waals surface area contributed by atoms with E-state index < -0.39 is 0 Å². The molecule has 1 N–H and O–H groups in total. The summed E-state index contributed by atoms with van der Waals surface area (Å²) in [6.45, 7) is 3.37. The molecule has 3 aliphatic rings. The van der Waals surface area contributed by atoms with Crippen molar-refractivity contribution in [2.75, 3.05) is 13.1 Å². The Bertz CT molecular complexity index is 542. The Morgan fingerprint density at radius 2 is 1.78 bits per heavy atom. The lowest BCUT2D eigenvalue weighted by Gasteiger charge is -2.37. The van der Waals surface area contributed by atoms with Gasteiger partial charge in [-0.25, -0.2) is 4.79 Å². The van der Waals surface area contributed by atoms with Gasteiger partial charge in [-0.1, -0.05) is 30.3 Å². The molecular weight excluding hydrogens is 288 g/mol.